The number of rotatable bonds is 4. The van der Waals surface area contributed by atoms with E-state index in [-0.39, 0.29) is 0 Å². The van der Waals surface area contributed by atoms with E-state index >= 15 is 0 Å². The smallest absolute Gasteiger partial charge is 0.243 e. The Morgan fingerprint density at radius 3 is 2.87 bits per heavy atom. The van der Waals surface area contributed by atoms with Gasteiger partial charge in [-0.05, 0) is 47.7 Å². The quantitative estimate of drug-likeness (QED) is 0.862. The second-order valence-corrected chi connectivity index (χ2v) is 7.71. The molecule has 1 aliphatic rings. The average molecular weight is 332 g/mol. The minimum absolute atomic E-state index is 0.349. The number of sulfonamides is 1. The van der Waals surface area contributed by atoms with E-state index in [9.17, 15) is 8.42 Å². The molecule has 2 heterocycles. The van der Waals surface area contributed by atoms with E-state index in [0.29, 0.717) is 31.0 Å². The predicted octanol–water partition coefficient (Wildman–Crippen LogP) is 2.28. The highest BCUT2D eigenvalue weighted by Gasteiger charge is 2.29. The van der Waals surface area contributed by atoms with Gasteiger partial charge in [0, 0.05) is 32.6 Å². The van der Waals surface area contributed by atoms with Gasteiger partial charge in [-0.2, -0.15) is 4.31 Å². The molecule has 0 amide bonds. The van der Waals surface area contributed by atoms with Crippen LogP contribution >= 0.6 is 0 Å². The van der Waals surface area contributed by atoms with Crippen LogP contribution in [-0.4, -0.2) is 31.4 Å². The molecule has 5 nitrogen and oxygen atoms in total. The SMILES string of the molecule is COCc1cncc2c1CCN(S(=O)(=O)c1cccc(C)c1)C2. The van der Waals surface area contributed by atoms with Crippen LogP contribution in [0.15, 0.2) is 41.6 Å². The molecule has 0 unspecified atom stereocenters. The largest absolute Gasteiger partial charge is 0.380 e. The lowest BCUT2D eigenvalue weighted by Gasteiger charge is -2.29. The number of methoxy groups -OCH3 is 1. The molecule has 3 rings (SSSR count). The summed E-state index contributed by atoms with van der Waals surface area (Å²) in [6.07, 6.45) is 4.24. The number of ether oxygens (including phenoxy) is 1. The van der Waals surface area contributed by atoms with Gasteiger partial charge >= 0.3 is 0 Å². The first kappa shape index (κ1) is 16.1. The Hall–Kier alpha value is -1.76. The van der Waals surface area contributed by atoms with E-state index in [1.54, 1.807) is 37.7 Å². The maximum atomic E-state index is 12.8. The zero-order valence-electron chi connectivity index (χ0n) is 13.3. The first-order valence-electron chi connectivity index (χ1n) is 7.53. The van der Waals surface area contributed by atoms with Crippen LogP contribution in [0.5, 0.6) is 0 Å². The molecule has 1 aromatic carbocycles. The number of benzene rings is 1. The fourth-order valence-corrected chi connectivity index (χ4v) is 4.48. The summed E-state index contributed by atoms with van der Waals surface area (Å²) in [4.78, 5) is 4.57. The summed E-state index contributed by atoms with van der Waals surface area (Å²) in [5, 5.41) is 0. The number of pyridine rings is 1. The Balaban J connectivity index is 1.91. The van der Waals surface area contributed by atoms with Gasteiger partial charge in [-0.15, -0.1) is 0 Å². The number of aromatic nitrogens is 1. The van der Waals surface area contributed by atoms with Crippen LogP contribution in [0, 0.1) is 6.92 Å². The van der Waals surface area contributed by atoms with Crippen molar-refractivity contribution in [3.8, 4) is 0 Å². The molecule has 0 spiro atoms. The van der Waals surface area contributed by atoms with Crippen LogP contribution in [0.1, 0.15) is 22.3 Å². The molecule has 1 aliphatic heterocycles. The molecule has 0 aliphatic carbocycles. The monoisotopic (exact) mass is 332 g/mol. The molecular weight excluding hydrogens is 312 g/mol. The molecule has 122 valence electrons. The van der Waals surface area contributed by atoms with Crippen molar-refractivity contribution in [2.75, 3.05) is 13.7 Å². The first-order valence-corrected chi connectivity index (χ1v) is 8.97. The van der Waals surface area contributed by atoms with Crippen molar-refractivity contribution in [1.29, 1.82) is 0 Å². The van der Waals surface area contributed by atoms with Gasteiger partial charge in [0.1, 0.15) is 0 Å². The summed E-state index contributed by atoms with van der Waals surface area (Å²) >= 11 is 0. The zero-order valence-corrected chi connectivity index (χ0v) is 14.1. The summed E-state index contributed by atoms with van der Waals surface area (Å²) in [7, 11) is -1.83. The van der Waals surface area contributed by atoms with Gasteiger partial charge in [0.2, 0.25) is 10.0 Å². The van der Waals surface area contributed by atoms with Crippen molar-refractivity contribution in [2.24, 2.45) is 0 Å². The summed E-state index contributed by atoms with van der Waals surface area (Å²) < 4.78 is 32.4. The summed E-state index contributed by atoms with van der Waals surface area (Å²) in [5.41, 5.74) is 4.10. The Morgan fingerprint density at radius 1 is 1.30 bits per heavy atom. The Bertz CT molecular complexity index is 818. The molecule has 0 bridgehead atoms. The lowest BCUT2D eigenvalue weighted by atomic mass is 9.99. The maximum absolute atomic E-state index is 12.8. The summed E-state index contributed by atoms with van der Waals surface area (Å²) in [6.45, 7) is 3.23. The average Bonchev–Trinajstić information content (AvgIpc) is 2.55. The van der Waals surface area contributed by atoms with Crippen molar-refractivity contribution >= 4 is 10.0 Å². The third kappa shape index (κ3) is 3.15. The fourth-order valence-electron chi connectivity index (χ4n) is 2.95. The van der Waals surface area contributed by atoms with Gasteiger partial charge in [-0.3, -0.25) is 4.98 Å². The lowest BCUT2D eigenvalue weighted by Crippen LogP contribution is -2.36. The number of hydrogen-bond donors (Lipinski definition) is 0. The van der Waals surface area contributed by atoms with E-state index in [4.69, 9.17) is 4.74 Å². The zero-order chi connectivity index (χ0) is 16.4. The van der Waals surface area contributed by atoms with Crippen molar-refractivity contribution in [1.82, 2.24) is 9.29 Å². The normalized spacial score (nSPS) is 15.4. The van der Waals surface area contributed by atoms with Gasteiger partial charge in [-0.25, -0.2) is 8.42 Å². The number of aryl methyl sites for hydroxylation is 1. The minimum Gasteiger partial charge on any atom is -0.380 e. The molecule has 6 heteroatoms. The van der Waals surface area contributed by atoms with Gasteiger partial charge < -0.3 is 4.74 Å². The Labute approximate surface area is 137 Å². The molecule has 0 fully saturated rings. The Morgan fingerprint density at radius 2 is 2.13 bits per heavy atom. The topological polar surface area (TPSA) is 59.5 Å². The number of nitrogens with zero attached hydrogens (tertiary/aromatic N) is 2. The summed E-state index contributed by atoms with van der Waals surface area (Å²) in [6, 6.07) is 7.03. The van der Waals surface area contributed by atoms with Crippen molar-refractivity contribution in [2.45, 2.75) is 31.4 Å². The molecule has 1 aromatic heterocycles. The number of hydrogen-bond acceptors (Lipinski definition) is 4. The van der Waals surface area contributed by atoms with Gasteiger partial charge in [0.05, 0.1) is 11.5 Å². The van der Waals surface area contributed by atoms with E-state index in [0.717, 1.165) is 22.3 Å². The van der Waals surface area contributed by atoms with Crippen LogP contribution < -0.4 is 0 Å². The fraction of sp³-hybridized carbons (Fsp3) is 0.353. The van der Waals surface area contributed by atoms with Crippen LogP contribution in [0.3, 0.4) is 0 Å². The lowest BCUT2D eigenvalue weighted by molar-refractivity contribution is 0.183. The summed E-state index contributed by atoms with van der Waals surface area (Å²) in [5.74, 6) is 0. The standard InChI is InChI=1S/C17H20N2O3S/c1-13-4-3-5-16(8-13)23(20,21)19-7-6-17-14(11-19)9-18-10-15(17)12-22-2/h3-5,8-10H,6-7,11-12H2,1-2H3. The molecule has 0 N–H and O–H groups in total. The van der Waals surface area contributed by atoms with Gasteiger partial charge in [0.15, 0.2) is 0 Å². The number of fused-ring (bicyclic) bond motifs is 1. The molecule has 0 saturated carbocycles. The highest BCUT2D eigenvalue weighted by Crippen LogP contribution is 2.27. The third-order valence-corrected chi connectivity index (χ3v) is 5.96. The molecule has 0 radical (unpaired) electrons. The predicted molar refractivity (Wildman–Crippen MR) is 87.4 cm³/mol. The maximum Gasteiger partial charge on any atom is 0.243 e. The van der Waals surface area contributed by atoms with Crippen molar-refractivity contribution < 1.29 is 13.2 Å². The molecule has 0 atom stereocenters. The van der Waals surface area contributed by atoms with Gasteiger partial charge in [0.25, 0.3) is 0 Å². The van der Waals surface area contributed by atoms with Crippen LogP contribution in [0.4, 0.5) is 0 Å². The van der Waals surface area contributed by atoms with Crippen LogP contribution in [-0.2, 0) is 34.3 Å². The van der Waals surface area contributed by atoms with E-state index in [1.807, 2.05) is 13.0 Å². The van der Waals surface area contributed by atoms with Crippen molar-refractivity contribution in [3.63, 3.8) is 0 Å². The van der Waals surface area contributed by atoms with Gasteiger partial charge in [-0.1, -0.05) is 12.1 Å². The minimum atomic E-state index is -3.48. The van der Waals surface area contributed by atoms with E-state index < -0.39 is 10.0 Å². The third-order valence-electron chi connectivity index (χ3n) is 4.12. The van der Waals surface area contributed by atoms with Crippen LogP contribution in [0.25, 0.3) is 0 Å². The molecule has 2 aromatic rings. The second-order valence-electron chi connectivity index (χ2n) is 5.77. The highest BCUT2D eigenvalue weighted by atomic mass is 32.2. The van der Waals surface area contributed by atoms with Crippen LogP contribution in [0.2, 0.25) is 0 Å². The molecular formula is C17H20N2O3S. The Kier molecular flexibility index (Phi) is 4.48. The van der Waals surface area contributed by atoms with E-state index in [1.165, 1.54) is 4.31 Å². The first-order chi connectivity index (χ1) is 11.0. The highest BCUT2D eigenvalue weighted by molar-refractivity contribution is 7.89. The van der Waals surface area contributed by atoms with E-state index in [2.05, 4.69) is 4.98 Å². The second kappa shape index (κ2) is 6.39. The van der Waals surface area contributed by atoms with Crippen molar-refractivity contribution in [3.05, 3.63) is 58.9 Å². The molecule has 23 heavy (non-hydrogen) atoms. The molecule has 0 saturated heterocycles.